The molecule has 0 fully saturated rings. The monoisotopic (exact) mass is 382 g/mol. The van der Waals surface area contributed by atoms with Crippen LogP contribution in [-0.4, -0.2) is 11.0 Å². The summed E-state index contributed by atoms with van der Waals surface area (Å²) in [5.74, 6) is 0. The number of para-hydroxylation sites is 1. The molecule has 3 aromatic rings. The first-order valence-electron chi connectivity index (χ1n) is 7.95. The lowest BCUT2D eigenvalue weighted by Gasteiger charge is -2.10. The fraction of sp³-hybridized carbons (Fsp3) is 0. The average molecular weight is 383 g/mol. The molecule has 7 nitrogen and oxygen atoms in total. The Morgan fingerprint density at radius 3 is 2.15 bits per heavy atom. The highest BCUT2D eigenvalue weighted by molar-refractivity contribution is 6.33. The number of nitrogens with zero attached hydrogens (tertiary/aromatic N) is 1. The van der Waals surface area contributed by atoms with Crippen LogP contribution in [0.2, 0.25) is 5.02 Å². The van der Waals surface area contributed by atoms with Crippen molar-refractivity contribution < 1.29 is 9.72 Å². The van der Waals surface area contributed by atoms with Crippen LogP contribution < -0.4 is 16.0 Å². The second-order valence-corrected chi connectivity index (χ2v) is 5.98. The molecule has 136 valence electrons. The average Bonchev–Trinajstić information content (AvgIpc) is 2.66. The van der Waals surface area contributed by atoms with Gasteiger partial charge in [-0.05, 0) is 42.5 Å². The molecule has 0 radical (unpaired) electrons. The molecule has 0 aliphatic heterocycles. The molecule has 3 N–H and O–H groups in total. The van der Waals surface area contributed by atoms with E-state index in [1.54, 1.807) is 12.1 Å². The third-order valence-electron chi connectivity index (χ3n) is 3.61. The van der Waals surface area contributed by atoms with Gasteiger partial charge in [0, 0.05) is 29.2 Å². The Balaban J connectivity index is 1.63. The molecule has 3 aromatic carbocycles. The van der Waals surface area contributed by atoms with Gasteiger partial charge in [-0.2, -0.15) is 0 Å². The van der Waals surface area contributed by atoms with Gasteiger partial charge in [0.25, 0.3) is 5.69 Å². The number of rotatable bonds is 5. The van der Waals surface area contributed by atoms with Gasteiger partial charge in [-0.1, -0.05) is 29.8 Å². The van der Waals surface area contributed by atoms with Gasteiger partial charge in [0.2, 0.25) is 0 Å². The number of urea groups is 1. The van der Waals surface area contributed by atoms with Crippen molar-refractivity contribution in [3.05, 3.63) is 87.9 Å². The molecule has 0 aromatic heterocycles. The van der Waals surface area contributed by atoms with E-state index in [-0.39, 0.29) is 16.4 Å². The summed E-state index contributed by atoms with van der Waals surface area (Å²) in [4.78, 5) is 22.4. The maximum absolute atomic E-state index is 12.1. The number of hydrogen-bond acceptors (Lipinski definition) is 4. The summed E-state index contributed by atoms with van der Waals surface area (Å²) in [5.41, 5.74) is 2.38. The quantitative estimate of drug-likeness (QED) is 0.393. The van der Waals surface area contributed by atoms with Crippen LogP contribution in [0.1, 0.15) is 0 Å². The Kier molecular flexibility index (Phi) is 5.53. The van der Waals surface area contributed by atoms with Crippen LogP contribution in [0.15, 0.2) is 72.8 Å². The van der Waals surface area contributed by atoms with Crippen molar-refractivity contribution in [3.63, 3.8) is 0 Å². The standard InChI is InChI=1S/C19H15ClN4O3/c20-17-11-10-16(24(26)27)12-18(17)23-19(25)22-15-8-6-14(7-9-15)21-13-4-2-1-3-5-13/h1-12,21H,(H2,22,23,25). The summed E-state index contributed by atoms with van der Waals surface area (Å²) in [7, 11) is 0. The number of nitrogens with one attached hydrogen (secondary N) is 3. The number of non-ortho nitro benzene ring substituents is 1. The molecule has 0 saturated carbocycles. The molecule has 0 unspecified atom stereocenters. The second kappa shape index (κ2) is 8.20. The fourth-order valence-corrected chi connectivity index (χ4v) is 2.50. The highest BCUT2D eigenvalue weighted by atomic mass is 35.5. The predicted molar refractivity (Wildman–Crippen MR) is 107 cm³/mol. The number of anilines is 4. The minimum Gasteiger partial charge on any atom is -0.356 e. The van der Waals surface area contributed by atoms with Crippen LogP contribution in [0.4, 0.5) is 33.2 Å². The molecule has 0 aliphatic rings. The number of amides is 2. The largest absolute Gasteiger partial charge is 0.356 e. The SMILES string of the molecule is O=C(Nc1ccc(Nc2ccccc2)cc1)Nc1cc([N+](=O)[O-])ccc1Cl. The van der Waals surface area contributed by atoms with E-state index in [4.69, 9.17) is 11.6 Å². The van der Waals surface area contributed by atoms with E-state index in [9.17, 15) is 14.9 Å². The number of nitro benzene ring substituents is 1. The van der Waals surface area contributed by atoms with Gasteiger partial charge in [-0.25, -0.2) is 4.79 Å². The molecule has 0 saturated heterocycles. The summed E-state index contributed by atoms with van der Waals surface area (Å²) in [6, 6.07) is 20.1. The molecule has 27 heavy (non-hydrogen) atoms. The molecule has 8 heteroatoms. The van der Waals surface area contributed by atoms with Crippen molar-refractivity contribution in [1.29, 1.82) is 0 Å². The summed E-state index contributed by atoms with van der Waals surface area (Å²) in [6.07, 6.45) is 0. The van der Waals surface area contributed by atoms with Gasteiger partial charge >= 0.3 is 6.03 Å². The van der Waals surface area contributed by atoms with Crippen LogP contribution >= 0.6 is 11.6 Å². The second-order valence-electron chi connectivity index (χ2n) is 5.57. The minimum absolute atomic E-state index is 0.158. The summed E-state index contributed by atoms with van der Waals surface area (Å²) >= 11 is 5.97. The molecule has 3 rings (SSSR count). The lowest BCUT2D eigenvalue weighted by atomic mass is 10.2. The van der Waals surface area contributed by atoms with Crippen LogP contribution in [0.25, 0.3) is 0 Å². The van der Waals surface area contributed by atoms with E-state index in [0.29, 0.717) is 5.69 Å². The Morgan fingerprint density at radius 1 is 0.852 bits per heavy atom. The van der Waals surface area contributed by atoms with E-state index in [2.05, 4.69) is 16.0 Å². The molecule has 0 bridgehead atoms. The van der Waals surface area contributed by atoms with Gasteiger partial charge in [0.15, 0.2) is 0 Å². The normalized spacial score (nSPS) is 10.1. The molecule has 0 atom stereocenters. The van der Waals surface area contributed by atoms with E-state index in [0.717, 1.165) is 11.4 Å². The molecule has 0 heterocycles. The maximum atomic E-state index is 12.1. The van der Waals surface area contributed by atoms with Crippen molar-refractivity contribution in [2.45, 2.75) is 0 Å². The van der Waals surface area contributed by atoms with E-state index >= 15 is 0 Å². The van der Waals surface area contributed by atoms with Gasteiger partial charge < -0.3 is 16.0 Å². The van der Waals surface area contributed by atoms with Crippen molar-refractivity contribution >= 4 is 46.1 Å². The Morgan fingerprint density at radius 2 is 1.48 bits per heavy atom. The van der Waals surface area contributed by atoms with Crippen LogP contribution in [-0.2, 0) is 0 Å². The van der Waals surface area contributed by atoms with Gasteiger partial charge in [-0.3, -0.25) is 10.1 Å². The zero-order valence-electron chi connectivity index (χ0n) is 14.0. The molecule has 0 spiro atoms. The highest BCUT2D eigenvalue weighted by Crippen LogP contribution is 2.27. The number of carbonyl (C=O) groups is 1. The number of carbonyl (C=O) groups excluding carboxylic acids is 1. The molecule has 0 aliphatic carbocycles. The number of benzene rings is 3. The first-order chi connectivity index (χ1) is 13.0. The zero-order valence-corrected chi connectivity index (χ0v) is 14.7. The predicted octanol–water partition coefficient (Wildman–Crippen LogP) is 5.64. The zero-order chi connectivity index (χ0) is 19.2. The van der Waals surface area contributed by atoms with Crippen molar-refractivity contribution in [2.24, 2.45) is 0 Å². The lowest BCUT2D eigenvalue weighted by molar-refractivity contribution is -0.384. The number of nitro groups is 1. The Bertz CT molecular complexity index is 962. The van der Waals surface area contributed by atoms with E-state index in [1.807, 2.05) is 42.5 Å². The molecular formula is C19H15ClN4O3. The fourth-order valence-electron chi connectivity index (χ4n) is 2.33. The highest BCUT2D eigenvalue weighted by Gasteiger charge is 2.12. The first kappa shape index (κ1) is 18.2. The van der Waals surface area contributed by atoms with Crippen molar-refractivity contribution in [3.8, 4) is 0 Å². The van der Waals surface area contributed by atoms with Gasteiger partial charge in [0.05, 0.1) is 15.6 Å². The van der Waals surface area contributed by atoms with Gasteiger partial charge in [-0.15, -0.1) is 0 Å². The van der Waals surface area contributed by atoms with Crippen LogP contribution in [0.3, 0.4) is 0 Å². The van der Waals surface area contributed by atoms with E-state index in [1.165, 1.54) is 18.2 Å². The van der Waals surface area contributed by atoms with Crippen molar-refractivity contribution in [1.82, 2.24) is 0 Å². The van der Waals surface area contributed by atoms with Crippen molar-refractivity contribution in [2.75, 3.05) is 16.0 Å². The Hall–Kier alpha value is -3.58. The van der Waals surface area contributed by atoms with Crippen LogP contribution in [0.5, 0.6) is 0 Å². The minimum atomic E-state index is -0.558. The third-order valence-corrected chi connectivity index (χ3v) is 3.94. The summed E-state index contributed by atoms with van der Waals surface area (Å²) in [6.45, 7) is 0. The molecule has 2 amide bonds. The van der Waals surface area contributed by atoms with E-state index < -0.39 is 11.0 Å². The maximum Gasteiger partial charge on any atom is 0.323 e. The lowest BCUT2D eigenvalue weighted by Crippen LogP contribution is -2.19. The summed E-state index contributed by atoms with van der Waals surface area (Å²) < 4.78 is 0. The molecular weight excluding hydrogens is 368 g/mol. The summed E-state index contributed by atoms with van der Waals surface area (Å²) in [5, 5.41) is 19.4. The van der Waals surface area contributed by atoms with Crippen LogP contribution in [0, 0.1) is 10.1 Å². The smallest absolute Gasteiger partial charge is 0.323 e. The Labute approximate surface area is 160 Å². The van der Waals surface area contributed by atoms with Gasteiger partial charge in [0.1, 0.15) is 0 Å². The number of hydrogen-bond donors (Lipinski definition) is 3. The number of halogens is 1. The first-order valence-corrected chi connectivity index (χ1v) is 8.33. The topological polar surface area (TPSA) is 96.3 Å². The third kappa shape index (κ3) is 4.96.